The molecule has 2 aromatic heterocycles. The van der Waals surface area contributed by atoms with E-state index in [1.54, 1.807) is 10.9 Å². The molecule has 0 unspecified atom stereocenters. The van der Waals surface area contributed by atoms with Crippen LogP contribution in [0.2, 0.25) is 10.0 Å². The van der Waals surface area contributed by atoms with Gasteiger partial charge >= 0.3 is 0 Å². The standard InChI is InChI=1S/C31H23Cl2N7/c1-18-8-7-9-21(16-18)35-29-31-37-30-27(19(2)38-40(30)26-12-5-6-15-34-26)28(20-13-14-22(32)23(33)17-20)39(31)25-11-4-3-10-24(25)36-29/h3-17,28H,1-2H3,(H,35,36)/t28-/m0/s1. The van der Waals surface area contributed by atoms with E-state index in [0.29, 0.717) is 33.4 Å². The summed E-state index contributed by atoms with van der Waals surface area (Å²) in [5, 5.41) is 9.43. The highest BCUT2D eigenvalue weighted by atomic mass is 35.5. The Morgan fingerprint density at radius 2 is 1.68 bits per heavy atom. The number of para-hydroxylation sites is 2. The highest BCUT2D eigenvalue weighted by molar-refractivity contribution is 6.51. The van der Waals surface area contributed by atoms with Crippen LogP contribution in [0.5, 0.6) is 0 Å². The van der Waals surface area contributed by atoms with Crippen LogP contribution in [-0.4, -0.2) is 26.4 Å². The molecule has 0 fully saturated rings. The molecule has 0 saturated heterocycles. The first-order valence-electron chi connectivity index (χ1n) is 12.8. The van der Waals surface area contributed by atoms with Crippen molar-refractivity contribution in [2.75, 3.05) is 10.2 Å². The number of aromatic nitrogens is 3. The van der Waals surface area contributed by atoms with E-state index in [2.05, 4.69) is 40.3 Å². The minimum atomic E-state index is -0.305. The molecule has 0 saturated carbocycles. The van der Waals surface area contributed by atoms with Crippen LogP contribution in [0.1, 0.15) is 28.4 Å². The van der Waals surface area contributed by atoms with Gasteiger partial charge in [-0.15, -0.1) is 0 Å². The van der Waals surface area contributed by atoms with Gasteiger partial charge in [-0.05, 0) is 73.5 Å². The van der Waals surface area contributed by atoms with Crippen LogP contribution in [0, 0.1) is 13.8 Å². The maximum absolute atomic E-state index is 6.58. The average molecular weight is 564 g/mol. The number of halogens is 2. The molecule has 0 aliphatic carbocycles. The fraction of sp³-hybridized carbons (Fsp3) is 0.0968. The van der Waals surface area contributed by atoms with E-state index >= 15 is 0 Å². The fourth-order valence-corrected chi connectivity index (χ4v) is 5.60. The van der Waals surface area contributed by atoms with Crippen molar-refractivity contribution in [3.05, 3.63) is 124 Å². The van der Waals surface area contributed by atoms with Crippen LogP contribution in [0.4, 0.5) is 22.9 Å². The minimum absolute atomic E-state index is 0.305. The lowest BCUT2D eigenvalue weighted by atomic mass is 9.93. The molecule has 0 radical (unpaired) electrons. The molecular formula is C31H23Cl2N7. The second kappa shape index (κ2) is 9.62. The number of amidine groups is 2. The third-order valence-electron chi connectivity index (χ3n) is 7.04. The normalized spacial score (nSPS) is 15.5. The molecule has 0 bridgehead atoms. The maximum atomic E-state index is 6.58. The highest BCUT2D eigenvalue weighted by Crippen LogP contribution is 2.48. The van der Waals surface area contributed by atoms with E-state index in [-0.39, 0.29) is 6.04 Å². The number of pyridine rings is 1. The number of aryl methyl sites for hydroxylation is 2. The minimum Gasteiger partial charge on any atom is -0.337 e. The van der Waals surface area contributed by atoms with Gasteiger partial charge in [0.05, 0.1) is 33.2 Å². The van der Waals surface area contributed by atoms with E-state index in [1.165, 1.54) is 0 Å². The molecule has 4 heterocycles. The molecule has 0 spiro atoms. The topological polar surface area (TPSA) is 70.7 Å². The van der Waals surface area contributed by atoms with Gasteiger partial charge in [-0.25, -0.2) is 15.0 Å². The summed E-state index contributed by atoms with van der Waals surface area (Å²) in [4.78, 5) is 17.0. The first kappa shape index (κ1) is 24.6. The molecule has 2 aliphatic rings. The third kappa shape index (κ3) is 4.06. The van der Waals surface area contributed by atoms with Gasteiger partial charge in [-0.2, -0.15) is 9.78 Å². The van der Waals surface area contributed by atoms with E-state index < -0.39 is 0 Å². The molecule has 196 valence electrons. The molecule has 1 atom stereocenters. The Hall–Kier alpha value is -4.46. The molecule has 2 aliphatic heterocycles. The molecular weight excluding hydrogens is 541 g/mol. The SMILES string of the molecule is Cc1cccc(NC2=Nc3ccccc3N3C2=Nc2c(c(C)nn2-c2ccccn2)[C@@H]3c2ccc(Cl)c(Cl)c2)c1. The van der Waals surface area contributed by atoms with Gasteiger partial charge in [-0.3, -0.25) is 0 Å². The van der Waals surface area contributed by atoms with E-state index in [0.717, 1.165) is 39.4 Å². The van der Waals surface area contributed by atoms with Crippen molar-refractivity contribution in [2.24, 2.45) is 9.98 Å². The summed E-state index contributed by atoms with van der Waals surface area (Å²) >= 11 is 12.9. The molecule has 40 heavy (non-hydrogen) atoms. The van der Waals surface area contributed by atoms with E-state index in [9.17, 15) is 0 Å². The Balaban J connectivity index is 1.51. The lowest BCUT2D eigenvalue weighted by Gasteiger charge is -2.40. The summed E-state index contributed by atoms with van der Waals surface area (Å²) in [5.41, 5.74) is 6.59. The summed E-state index contributed by atoms with van der Waals surface area (Å²) in [7, 11) is 0. The van der Waals surface area contributed by atoms with Crippen LogP contribution in [0.15, 0.2) is 101 Å². The molecule has 1 N–H and O–H groups in total. The fourth-order valence-electron chi connectivity index (χ4n) is 5.29. The largest absolute Gasteiger partial charge is 0.337 e. The molecule has 3 aromatic carbocycles. The zero-order chi connectivity index (χ0) is 27.4. The number of anilines is 2. The Labute approximate surface area is 241 Å². The van der Waals surface area contributed by atoms with Crippen molar-refractivity contribution in [3.63, 3.8) is 0 Å². The van der Waals surface area contributed by atoms with Gasteiger partial charge < -0.3 is 10.2 Å². The van der Waals surface area contributed by atoms with Crippen LogP contribution in [-0.2, 0) is 0 Å². The Morgan fingerprint density at radius 3 is 2.48 bits per heavy atom. The van der Waals surface area contributed by atoms with Crippen molar-refractivity contribution in [1.82, 2.24) is 14.8 Å². The van der Waals surface area contributed by atoms with Gasteiger partial charge in [-0.1, -0.05) is 59.6 Å². The van der Waals surface area contributed by atoms with Gasteiger partial charge in [0.2, 0.25) is 0 Å². The zero-order valence-electron chi connectivity index (χ0n) is 21.7. The molecule has 5 aromatic rings. The molecule has 7 rings (SSSR count). The van der Waals surface area contributed by atoms with Crippen molar-refractivity contribution >= 4 is 57.8 Å². The predicted molar refractivity (Wildman–Crippen MR) is 162 cm³/mol. The summed E-state index contributed by atoms with van der Waals surface area (Å²) in [5.74, 6) is 2.67. The number of nitrogens with zero attached hydrogens (tertiary/aromatic N) is 6. The van der Waals surface area contributed by atoms with Crippen molar-refractivity contribution in [3.8, 4) is 5.82 Å². The number of rotatable bonds is 3. The highest BCUT2D eigenvalue weighted by Gasteiger charge is 2.41. The molecule has 9 heteroatoms. The number of hydrogen-bond acceptors (Lipinski definition) is 6. The number of nitrogens with one attached hydrogen (secondary N) is 1. The van der Waals surface area contributed by atoms with Crippen molar-refractivity contribution in [2.45, 2.75) is 19.9 Å². The van der Waals surface area contributed by atoms with E-state index in [1.807, 2.05) is 73.7 Å². The van der Waals surface area contributed by atoms with Gasteiger partial charge in [0.1, 0.15) is 0 Å². The summed E-state index contributed by atoms with van der Waals surface area (Å²) < 4.78 is 1.80. The number of fused-ring (bicyclic) bond motifs is 4. The zero-order valence-corrected chi connectivity index (χ0v) is 23.2. The second-order valence-electron chi connectivity index (χ2n) is 9.75. The molecule has 0 amide bonds. The third-order valence-corrected chi connectivity index (χ3v) is 7.78. The Morgan fingerprint density at radius 1 is 0.825 bits per heavy atom. The smallest absolute Gasteiger partial charge is 0.179 e. The van der Waals surface area contributed by atoms with Crippen molar-refractivity contribution < 1.29 is 0 Å². The van der Waals surface area contributed by atoms with Crippen LogP contribution >= 0.6 is 23.2 Å². The van der Waals surface area contributed by atoms with E-state index in [4.69, 9.17) is 38.3 Å². The lowest BCUT2D eigenvalue weighted by Crippen LogP contribution is -2.46. The van der Waals surface area contributed by atoms with Crippen LogP contribution in [0.3, 0.4) is 0 Å². The predicted octanol–water partition coefficient (Wildman–Crippen LogP) is 7.99. The summed E-state index contributed by atoms with van der Waals surface area (Å²) in [6.07, 6.45) is 1.75. The first-order valence-corrected chi connectivity index (χ1v) is 13.6. The van der Waals surface area contributed by atoms with Gasteiger partial charge in [0.15, 0.2) is 23.3 Å². The van der Waals surface area contributed by atoms with Gasteiger partial charge in [0.25, 0.3) is 0 Å². The summed E-state index contributed by atoms with van der Waals surface area (Å²) in [6, 6.07) is 27.4. The van der Waals surface area contributed by atoms with Crippen molar-refractivity contribution in [1.29, 1.82) is 0 Å². The maximum Gasteiger partial charge on any atom is 0.179 e. The second-order valence-corrected chi connectivity index (χ2v) is 10.6. The number of hydrogen-bond donors (Lipinski definition) is 1. The quantitative estimate of drug-likeness (QED) is 0.241. The lowest BCUT2D eigenvalue weighted by molar-refractivity contribution is 0.810. The number of benzene rings is 3. The van der Waals surface area contributed by atoms with Gasteiger partial charge in [0, 0.05) is 17.4 Å². The monoisotopic (exact) mass is 563 g/mol. The summed E-state index contributed by atoms with van der Waals surface area (Å²) in [6.45, 7) is 4.06. The average Bonchev–Trinajstić information content (AvgIpc) is 3.30. The first-order chi connectivity index (χ1) is 19.5. The Kier molecular flexibility index (Phi) is 5.91. The van der Waals surface area contributed by atoms with Crippen LogP contribution < -0.4 is 10.2 Å². The Bertz CT molecular complexity index is 1840. The number of aliphatic imine (C=N–C) groups is 2. The molecule has 7 nitrogen and oxygen atoms in total. The van der Waals surface area contributed by atoms with Crippen LogP contribution in [0.25, 0.3) is 5.82 Å².